The van der Waals surface area contributed by atoms with Crippen LogP contribution in [0.2, 0.25) is 0 Å². The molecule has 0 saturated carbocycles. The highest BCUT2D eigenvalue weighted by molar-refractivity contribution is 5.93. The molecule has 4 nitrogen and oxygen atoms in total. The molecule has 0 radical (unpaired) electrons. The number of benzene rings is 2. The summed E-state index contributed by atoms with van der Waals surface area (Å²) in [6.07, 6.45) is 0. The lowest BCUT2D eigenvalue weighted by Gasteiger charge is -2.05. The molecule has 100 valence electrons. The highest BCUT2D eigenvalue weighted by atomic mass is 16.5. The van der Waals surface area contributed by atoms with Gasteiger partial charge >= 0.3 is 0 Å². The van der Waals surface area contributed by atoms with Crippen molar-refractivity contribution in [2.75, 3.05) is 14.1 Å². The molecule has 0 saturated heterocycles. The minimum Gasteiger partial charge on any atom is -0.355 e. The van der Waals surface area contributed by atoms with Gasteiger partial charge in [0.1, 0.15) is 0 Å². The molecule has 0 spiro atoms. The van der Waals surface area contributed by atoms with E-state index >= 15 is 0 Å². The molecule has 1 amide bonds. The first-order valence-electron chi connectivity index (χ1n) is 6.33. The molecule has 2 aromatic carbocycles. The Balaban J connectivity index is 2.01. The molecular weight excluding hydrogens is 252 g/mol. The number of carbonyl (C=O) groups excluding carboxylic acids is 1. The molecule has 0 N–H and O–H groups in total. The van der Waals surface area contributed by atoms with E-state index in [4.69, 9.17) is 4.52 Å². The maximum atomic E-state index is 11.8. The van der Waals surface area contributed by atoms with E-state index in [9.17, 15) is 4.79 Å². The summed E-state index contributed by atoms with van der Waals surface area (Å²) in [7, 11) is 3.37. The third-order valence-corrected chi connectivity index (χ3v) is 3.17. The van der Waals surface area contributed by atoms with Crippen LogP contribution in [-0.2, 0) is 0 Å². The third-order valence-electron chi connectivity index (χ3n) is 3.17. The van der Waals surface area contributed by atoms with Gasteiger partial charge in [0, 0.05) is 25.7 Å². The molecule has 0 aliphatic carbocycles. The number of hydrogen-bond donors (Lipinski definition) is 0. The van der Waals surface area contributed by atoms with Crippen molar-refractivity contribution in [1.82, 2.24) is 10.1 Å². The highest BCUT2D eigenvalue weighted by Crippen LogP contribution is 2.25. The molecule has 0 aliphatic heterocycles. The van der Waals surface area contributed by atoms with E-state index in [1.807, 2.05) is 36.4 Å². The summed E-state index contributed by atoms with van der Waals surface area (Å²) in [6, 6.07) is 15.8. The van der Waals surface area contributed by atoms with Crippen molar-refractivity contribution >= 4 is 16.7 Å². The monoisotopic (exact) mass is 266 g/mol. The van der Waals surface area contributed by atoms with E-state index in [1.165, 1.54) is 10.3 Å². The fourth-order valence-electron chi connectivity index (χ4n) is 2.08. The van der Waals surface area contributed by atoms with E-state index in [-0.39, 0.29) is 5.91 Å². The number of aromatic nitrogens is 1. The Kier molecular flexibility index (Phi) is 2.99. The van der Waals surface area contributed by atoms with Gasteiger partial charge in [-0.3, -0.25) is 4.79 Å². The first-order valence-corrected chi connectivity index (χ1v) is 6.33. The molecule has 4 heteroatoms. The molecule has 1 heterocycles. The zero-order valence-corrected chi connectivity index (χ0v) is 11.3. The van der Waals surface area contributed by atoms with E-state index in [0.717, 1.165) is 10.9 Å². The molecule has 0 unspecified atom stereocenters. The summed E-state index contributed by atoms with van der Waals surface area (Å²) in [4.78, 5) is 13.3. The van der Waals surface area contributed by atoms with Crippen LogP contribution < -0.4 is 0 Å². The number of carbonyl (C=O) groups is 1. The van der Waals surface area contributed by atoms with Crippen molar-refractivity contribution in [3.05, 3.63) is 54.2 Å². The summed E-state index contributed by atoms with van der Waals surface area (Å²) in [5, 5.41) is 6.12. The summed E-state index contributed by atoms with van der Waals surface area (Å²) in [5.74, 6) is 0.432. The van der Waals surface area contributed by atoms with Crippen LogP contribution in [0.4, 0.5) is 0 Å². The molecule has 0 aliphatic rings. The predicted octanol–water partition coefficient (Wildman–Crippen LogP) is 3.20. The van der Waals surface area contributed by atoms with Crippen LogP contribution in [0.25, 0.3) is 22.1 Å². The van der Waals surface area contributed by atoms with Gasteiger partial charge in [-0.25, -0.2) is 0 Å². The number of fused-ring (bicyclic) bond motifs is 1. The van der Waals surface area contributed by atoms with Crippen molar-refractivity contribution in [1.29, 1.82) is 0 Å². The second-order valence-electron chi connectivity index (χ2n) is 4.84. The third kappa shape index (κ3) is 2.16. The van der Waals surface area contributed by atoms with Gasteiger partial charge in [-0.05, 0) is 16.8 Å². The molecule has 0 fully saturated rings. The summed E-state index contributed by atoms with van der Waals surface area (Å²) in [5.41, 5.74) is 1.23. The first-order chi connectivity index (χ1) is 9.65. The average Bonchev–Trinajstić information content (AvgIpc) is 2.95. The first kappa shape index (κ1) is 12.4. The van der Waals surface area contributed by atoms with Gasteiger partial charge < -0.3 is 9.42 Å². The molecule has 20 heavy (non-hydrogen) atoms. The number of hydrogen-bond acceptors (Lipinski definition) is 3. The summed E-state index contributed by atoms with van der Waals surface area (Å²) in [6.45, 7) is 0. The maximum Gasteiger partial charge on any atom is 0.275 e. The SMILES string of the molecule is CN(C)C(=O)c1cc(-c2ccc3ccccc3c2)on1. The van der Waals surface area contributed by atoms with Crippen LogP contribution in [-0.4, -0.2) is 30.1 Å². The van der Waals surface area contributed by atoms with Gasteiger partial charge in [-0.1, -0.05) is 41.6 Å². The Hall–Kier alpha value is -2.62. The highest BCUT2D eigenvalue weighted by Gasteiger charge is 2.15. The normalized spacial score (nSPS) is 10.7. The van der Waals surface area contributed by atoms with Gasteiger partial charge in [0.05, 0.1) is 0 Å². The lowest BCUT2D eigenvalue weighted by molar-refractivity contribution is 0.0817. The van der Waals surface area contributed by atoms with Crippen molar-refractivity contribution < 1.29 is 9.32 Å². The van der Waals surface area contributed by atoms with E-state index < -0.39 is 0 Å². The van der Waals surface area contributed by atoms with Gasteiger partial charge in [-0.2, -0.15) is 0 Å². The van der Waals surface area contributed by atoms with Crippen molar-refractivity contribution in [3.8, 4) is 11.3 Å². The zero-order valence-electron chi connectivity index (χ0n) is 11.3. The van der Waals surface area contributed by atoms with Crippen LogP contribution >= 0.6 is 0 Å². The van der Waals surface area contributed by atoms with E-state index in [2.05, 4.69) is 11.2 Å². The van der Waals surface area contributed by atoms with Gasteiger partial charge in [0.2, 0.25) is 0 Å². The summed E-state index contributed by atoms with van der Waals surface area (Å²) < 4.78 is 5.27. The average molecular weight is 266 g/mol. The molecule has 3 aromatic rings. The fourth-order valence-corrected chi connectivity index (χ4v) is 2.08. The van der Waals surface area contributed by atoms with Gasteiger partial charge in [0.25, 0.3) is 5.91 Å². The number of rotatable bonds is 2. The topological polar surface area (TPSA) is 46.3 Å². The molecular formula is C16H14N2O2. The van der Waals surface area contributed by atoms with Crippen molar-refractivity contribution in [2.24, 2.45) is 0 Å². The van der Waals surface area contributed by atoms with Crippen LogP contribution in [0.15, 0.2) is 53.1 Å². The minimum absolute atomic E-state index is 0.166. The standard InChI is InChI=1S/C16H14N2O2/c1-18(2)16(19)14-10-15(20-17-14)13-8-7-11-5-3-4-6-12(11)9-13/h3-10H,1-2H3. The van der Waals surface area contributed by atoms with Crippen LogP contribution in [0.1, 0.15) is 10.5 Å². The Morgan fingerprint density at radius 2 is 1.80 bits per heavy atom. The fraction of sp³-hybridized carbons (Fsp3) is 0.125. The molecule has 0 atom stereocenters. The number of amides is 1. The van der Waals surface area contributed by atoms with Crippen LogP contribution in [0, 0.1) is 0 Å². The van der Waals surface area contributed by atoms with Gasteiger partial charge in [0.15, 0.2) is 11.5 Å². The minimum atomic E-state index is -0.166. The van der Waals surface area contributed by atoms with Crippen LogP contribution in [0.5, 0.6) is 0 Å². The summed E-state index contributed by atoms with van der Waals surface area (Å²) >= 11 is 0. The smallest absolute Gasteiger partial charge is 0.275 e. The molecule has 0 bridgehead atoms. The second-order valence-corrected chi connectivity index (χ2v) is 4.84. The second kappa shape index (κ2) is 4.81. The Labute approximate surface area is 116 Å². The van der Waals surface area contributed by atoms with Crippen molar-refractivity contribution in [3.63, 3.8) is 0 Å². The number of nitrogens with zero attached hydrogens (tertiary/aromatic N) is 2. The van der Waals surface area contributed by atoms with Crippen LogP contribution in [0.3, 0.4) is 0 Å². The van der Waals surface area contributed by atoms with Gasteiger partial charge in [-0.15, -0.1) is 0 Å². The quantitative estimate of drug-likeness (QED) is 0.715. The van der Waals surface area contributed by atoms with E-state index in [0.29, 0.717) is 11.5 Å². The Bertz CT molecular complexity index is 775. The maximum absolute atomic E-state index is 11.8. The predicted molar refractivity (Wildman–Crippen MR) is 77.5 cm³/mol. The van der Waals surface area contributed by atoms with E-state index in [1.54, 1.807) is 20.2 Å². The molecule has 1 aromatic heterocycles. The largest absolute Gasteiger partial charge is 0.355 e. The lowest BCUT2D eigenvalue weighted by Crippen LogP contribution is -2.21. The Morgan fingerprint density at radius 1 is 1.05 bits per heavy atom. The Morgan fingerprint density at radius 3 is 2.55 bits per heavy atom. The van der Waals surface area contributed by atoms with Crippen molar-refractivity contribution in [2.45, 2.75) is 0 Å². The molecule has 3 rings (SSSR count). The zero-order chi connectivity index (χ0) is 14.1. The lowest BCUT2D eigenvalue weighted by atomic mass is 10.1.